The molecule has 1 aromatic heterocycles. The van der Waals surface area contributed by atoms with Crippen LogP contribution in [-0.4, -0.2) is 15.3 Å². The molecule has 0 aliphatic carbocycles. The third-order valence-corrected chi connectivity index (χ3v) is 5.28. The molecule has 0 spiro atoms. The Morgan fingerprint density at radius 2 is 1.88 bits per heavy atom. The number of hydrogen-bond donors (Lipinski definition) is 0. The summed E-state index contributed by atoms with van der Waals surface area (Å²) >= 11 is 1.42. The summed E-state index contributed by atoms with van der Waals surface area (Å²) in [5, 5.41) is 7.05. The average Bonchev–Trinajstić information content (AvgIpc) is 2.80. The molecule has 1 rings (SSSR count). The molecule has 0 fully saturated rings. The van der Waals surface area contributed by atoms with Crippen LogP contribution in [0.15, 0.2) is 10.4 Å². The van der Waals surface area contributed by atoms with Crippen molar-refractivity contribution >= 4 is 33.1 Å². The number of unbranched alkanes of at least 4 members (excludes halogenated alkanes) is 6. The lowest BCUT2D eigenvalue weighted by atomic mass is 10.1. The van der Waals surface area contributed by atoms with Gasteiger partial charge in [-0.1, -0.05) is 60.7 Å². The van der Waals surface area contributed by atoms with Crippen molar-refractivity contribution in [2.75, 3.05) is 5.75 Å². The van der Waals surface area contributed by atoms with Crippen LogP contribution in [0.2, 0.25) is 0 Å². The minimum absolute atomic E-state index is 1.05. The number of aromatic nitrogens is 2. The van der Waals surface area contributed by atoms with E-state index in [2.05, 4.69) is 16.5 Å². The highest BCUT2D eigenvalue weighted by atomic mass is 33.1. The molecule has 0 radical (unpaired) electrons. The Morgan fingerprint density at radius 1 is 1.12 bits per heavy atom. The summed E-state index contributed by atoms with van der Waals surface area (Å²) < 4.78 is 3.84. The number of rotatable bonds is 10. The standard InChI is InChI=1S/C11H20N2S3/c1-2-3-4-5-6-7-8-9-15-16-11-10-14-13-12-11/h10H,2-9H2,1H3. The average molecular weight is 276 g/mol. The molecular weight excluding hydrogens is 256 g/mol. The van der Waals surface area contributed by atoms with Gasteiger partial charge < -0.3 is 0 Å². The molecule has 0 bridgehead atoms. The van der Waals surface area contributed by atoms with Crippen molar-refractivity contribution in [3.05, 3.63) is 5.38 Å². The first-order valence-corrected chi connectivity index (χ1v) is 9.15. The molecule has 5 heteroatoms. The highest BCUT2D eigenvalue weighted by molar-refractivity contribution is 8.76. The summed E-state index contributed by atoms with van der Waals surface area (Å²) in [6.07, 6.45) is 9.71. The van der Waals surface area contributed by atoms with E-state index >= 15 is 0 Å². The van der Waals surface area contributed by atoms with E-state index in [1.807, 2.05) is 16.2 Å². The molecule has 0 unspecified atom stereocenters. The van der Waals surface area contributed by atoms with Crippen LogP contribution in [0.25, 0.3) is 0 Å². The number of nitrogens with zero attached hydrogens (tertiary/aromatic N) is 2. The second-order valence-corrected chi connectivity index (χ2v) is 6.82. The van der Waals surface area contributed by atoms with E-state index in [1.54, 1.807) is 10.8 Å². The van der Waals surface area contributed by atoms with Gasteiger partial charge in [-0.2, -0.15) is 0 Å². The fraction of sp³-hybridized carbons (Fsp3) is 0.818. The predicted octanol–water partition coefficient (Wildman–Crippen LogP) is 5.03. The molecule has 0 aromatic carbocycles. The third kappa shape index (κ3) is 7.52. The Hall–Kier alpha value is 0.260. The molecule has 0 aliphatic heterocycles. The topological polar surface area (TPSA) is 25.8 Å². The maximum absolute atomic E-state index is 3.99. The quantitative estimate of drug-likeness (QED) is 0.442. The van der Waals surface area contributed by atoms with E-state index in [1.165, 1.54) is 62.2 Å². The Bertz CT molecular complexity index is 239. The fourth-order valence-electron chi connectivity index (χ4n) is 1.41. The van der Waals surface area contributed by atoms with Gasteiger partial charge in [0, 0.05) is 11.1 Å². The molecule has 16 heavy (non-hydrogen) atoms. The van der Waals surface area contributed by atoms with Crippen molar-refractivity contribution in [3.63, 3.8) is 0 Å². The Kier molecular flexibility index (Phi) is 9.32. The van der Waals surface area contributed by atoms with Crippen LogP contribution in [0.1, 0.15) is 51.9 Å². The van der Waals surface area contributed by atoms with E-state index in [-0.39, 0.29) is 0 Å². The van der Waals surface area contributed by atoms with Gasteiger partial charge in [0.25, 0.3) is 0 Å². The summed E-state index contributed by atoms with van der Waals surface area (Å²) in [5.41, 5.74) is 0. The number of hydrogen-bond acceptors (Lipinski definition) is 5. The van der Waals surface area contributed by atoms with E-state index in [4.69, 9.17) is 0 Å². The molecule has 0 N–H and O–H groups in total. The fourth-order valence-corrected chi connectivity index (χ4v) is 4.09. The molecule has 0 amide bonds. The summed E-state index contributed by atoms with van der Waals surface area (Å²) in [5.74, 6) is 1.23. The molecule has 0 atom stereocenters. The molecule has 1 aromatic rings. The van der Waals surface area contributed by atoms with E-state index < -0.39 is 0 Å². The molecule has 0 saturated heterocycles. The van der Waals surface area contributed by atoms with Gasteiger partial charge in [-0.05, 0) is 28.7 Å². The molecular formula is C11H20N2S3. The summed E-state index contributed by atoms with van der Waals surface area (Å²) in [4.78, 5) is 0. The van der Waals surface area contributed by atoms with Crippen LogP contribution in [0.3, 0.4) is 0 Å². The summed E-state index contributed by atoms with van der Waals surface area (Å²) in [6, 6.07) is 0. The smallest absolute Gasteiger partial charge is 0.131 e. The minimum Gasteiger partial charge on any atom is -0.131 e. The van der Waals surface area contributed by atoms with Crippen molar-refractivity contribution in [2.45, 2.75) is 56.9 Å². The monoisotopic (exact) mass is 276 g/mol. The lowest BCUT2D eigenvalue weighted by molar-refractivity contribution is 0.604. The van der Waals surface area contributed by atoms with Crippen molar-refractivity contribution in [2.24, 2.45) is 0 Å². The van der Waals surface area contributed by atoms with Crippen molar-refractivity contribution < 1.29 is 0 Å². The van der Waals surface area contributed by atoms with Crippen LogP contribution in [0.5, 0.6) is 0 Å². The van der Waals surface area contributed by atoms with Crippen LogP contribution < -0.4 is 0 Å². The van der Waals surface area contributed by atoms with Crippen LogP contribution >= 0.6 is 33.1 Å². The van der Waals surface area contributed by atoms with Crippen LogP contribution in [0, 0.1) is 0 Å². The third-order valence-electron chi connectivity index (χ3n) is 2.32. The van der Waals surface area contributed by atoms with E-state index in [0.717, 1.165) is 5.03 Å². The zero-order valence-electron chi connectivity index (χ0n) is 9.85. The highest BCUT2D eigenvalue weighted by Crippen LogP contribution is 2.30. The molecule has 0 aliphatic rings. The van der Waals surface area contributed by atoms with Gasteiger partial charge in [0.2, 0.25) is 0 Å². The van der Waals surface area contributed by atoms with Gasteiger partial charge in [-0.3, -0.25) is 0 Å². The van der Waals surface area contributed by atoms with Crippen LogP contribution in [-0.2, 0) is 0 Å². The summed E-state index contributed by atoms with van der Waals surface area (Å²) in [6.45, 7) is 2.27. The Morgan fingerprint density at radius 3 is 2.56 bits per heavy atom. The molecule has 2 nitrogen and oxygen atoms in total. The maximum Gasteiger partial charge on any atom is 0.142 e. The SMILES string of the molecule is CCCCCCCCCSSc1csnn1. The first kappa shape index (κ1) is 14.3. The van der Waals surface area contributed by atoms with Gasteiger partial charge in [0.05, 0.1) is 0 Å². The summed E-state index contributed by atoms with van der Waals surface area (Å²) in [7, 11) is 3.65. The highest BCUT2D eigenvalue weighted by Gasteiger charge is 1.97. The first-order valence-electron chi connectivity index (χ1n) is 6.00. The molecule has 0 saturated carbocycles. The second-order valence-electron chi connectivity index (χ2n) is 3.77. The first-order chi connectivity index (χ1) is 7.93. The van der Waals surface area contributed by atoms with Gasteiger partial charge in [-0.15, -0.1) is 5.10 Å². The van der Waals surface area contributed by atoms with E-state index in [0.29, 0.717) is 0 Å². The molecule has 1 heterocycles. The van der Waals surface area contributed by atoms with Gasteiger partial charge in [0.1, 0.15) is 5.03 Å². The lowest BCUT2D eigenvalue weighted by Gasteiger charge is -2.00. The molecule has 92 valence electrons. The Balaban J connectivity index is 1.78. The van der Waals surface area contributed by atoms with Gasteiger partial charge in [-0.25, -0.2) is 0 Å². The van der Waals surface area contributed by atoms with Gasteiger partial charge in [0.15, 0.2) is 0 Å². The predicted molar refractivity (Wildman–Crippen MR) is 76.2 cm³/mol. The second kappa shape index (κ2) is 10.4. The van der Waals surface area contributed by atoms with Crippen molar-refractivity contribution in [1.29, 1.82) is 0 Å². The minimum atomic E-state index is 1.05. The zero-order chi connectivity index (χ0) is 11.5. The van der Waals surface area contributed by atoms with Crippen LogP contribution in [0.4, 0.5) is 0 Å². The van der Waals surface area contributed by atoms with E-state index in [9.17, 15) is 0 Å². The Labute approximate surface area is 111 Å². The zero-order valence-corrected chi connectivity index (χ0v) is 12.3. The van der Waals surface area contributed by atoms with Gasteiger partial charge >= 0.3 is 0 Å². The maximum atomic E-state index is 3.99. The lowest BCUT2D eigenvalue weighted by Crippen LogP contribution is -1.81. The van der Waals surface area contributed by atoms with Crippen molar-refractivity contribution in [1.82, 2.24) is 9.59 Å². The van der Waals surface area contributed by atoms with Crippen molar-refractivity contribution in [3.8, 4) is 0 Å². The normalized spacial score (nSPS) is 10.8. The largest absolute Gasteiger partial charge is 0.142 e.